The molecule has 0 aromatic rings. The van der Waals surface area contributed by atoms with Gasteiger partial charge in [0.15, 0.2) is 16.6 Å². The molecule has 0 saturated carbocycles. The van der Waals surface area contributed by atoms with Gasteiger partial charge in [-0.2, -0.15) is 0 Å². The van der Waals surface area contributed by atoms with Gasteiger partial charge in [0.05, 0.1) is 47.5 Å². The zero-order valence-corrected chi connectivity index (χ0v) is 35.1. The molecule has 0 aromatic heterocycles. The molecule has 8 atom stereocenters. The Morgan fingerprint density at radius 1 is 0.720 bits per heavy atom. The normalized spacial score (nSPS) is 37.9. The van der Waals surface area contributed by atoms with Crippen molar-refractivity contribution in [2.75, 3.05) is 13.2 Å². The third-order valence-electron chi connectivity index (χ3n) is 14.2. The molecule has 8 heteroatoms. The molecule has 4 bridgehead atoms. The van der Waals surface area contributed by atoms with E-state index in [4.69, 9.17) is 18.3 Å². The lowest BCUT2D eigenvalue weighted by molar-refractivity contribution is -0.193. The van der Waals surface area contributed by atoms with Crippen LogP contribution in [-0.4, -0.2) is 63.8 Å². The van der Waals surface area contributed by atoms with E-state index in [1.165, 1.54) is 0 Å². The van der Waals surface area contributed by atoms with Crippen LogP contribution in [0.4, 0.5) is 0 Å². The van der Waals surface area contributed by atoms with Crippen molar-refractivity contribution in [2.24, 2.45) is 23.7 Å². The Morgan fingerprint density at radius 3 is 1.40 bits per heavy atom. The summed E-state index contributed by atoms with van der Waals surface area (Å²) in [6, 6.07) is 0. The maximum Gasteiger partial charge on any atom is 0.192 e. The Morgan fingerprint density at radius 2 is 1.08 bits per heavy atom. The molecule has 6 aliphatic rings. The van der Waals surface area contributed by atoms with Crippen LogP contribution in [0.5, 0.6) is 0 Å². The Hall–Kier alpha value is -1.43. The number of carbonyl (C=O) groups excluding carboxylic acids is 2. The predicted octanol–water partition coefficient (Wildman–Crippen LogP) is 10.1. The molecule has 4 fully saturated rings. The van der Waals surface area contributed by atoms with E-state index < -0.39 is 27.8 Å². The molecule has 2 spiro atoms. The SMILES string of the molecule is C=CC[C@@H]1C(=O)C[C@]2(CO[Si](C)(C)C(C)(C)C)C[C@H]3C=CCC[C@@]31O2.C=CC[C@H]1C(=O)C[C@@]2(CO[Si](C)(C)C(C)(C)C)C[C@@H]3C=CCC[C@]31O2. The van der Waals surface area contributed by atoms with E-state index in [1.807, 2.05) is 12.2 Å². The second kappa shape index (κ2) is 13.8. The Kier molecular flexibility index (Phi) is 11.0. The van der Waals surface area contributed by atoms with Gasteiger partial charge in [-0.1, -0.05) is 78.0 Å². The van der Waals surface area contributed by atoms with Gasteiger partial charge in [0.2, 0.25) is 0 Å². The monoisotopic (exact) mass is 724 g/mol. The van der Waals surface area contributed by atoms with Crippen LogP contribution in [0.15, 0.2) is 49.6 Å². The first-order valence-electron chi connectivity index (χ1n) is 19.4. The topological polar surface area (TPSA) is 71.1 Å². The van der Waals surface area contributed by atoms with Crippen LogP contribution in [0.1, 0.15) is 106 Å². The predicted molar refractivity (Wildman–Crippen MR) is 208 cm³/mol. The van der Waals surface area contributed by atoms with E-state index in [9.17, 15) is 9.59 Å². The van der Waals surface area contributed by atoms with Crippen LogP contribution < -0.4 is 0 Å². The van der Waals surface area contributed by atoms with E-state index in [-0.39, 0.29) is 33.1 Å². The largest absolute Gasteiger partial charge is 0.414 e. The fraction of sp³-hybridized carbons (Fsp3) is 0.762. The zero-order chi connectivity index (χ0) is 37.0. The average molecular weight is 725 g/mol. The summed E-state index contributed by atoms with van der Waals surface area (Å²) in [7, 11) is -3.73. The molecule has 0 aromatic carbocycles. The maximum atomic E-state index is 13.0. The number of carbonyl (C=O) groups is 2. The first-order chi connectivity index (χ1) is 23.1. The van der Waals surface area contributed by atoms with Crippen LogP contribution in [0.3, 0.4) is 0 Å². The summed E-state index contributed by atoms with van der Waals surface area (Å²) in [6.07, 6.45) is 21.0. The minimum atomic E-state index is -1.86. The molecule has 50 heavy (non-hydrogen) atoms. The van der Waals surface area contributed by atoms with Gasteiger partial charge in [0.25, 0.3) is 0 Å². The molecule has 280 valence electrons. The van der Waals surface area contributed by atoms with Crippen LogP contribution in [-0.2, 0) is 27.9 Å². The Labute approximate surface area is 306 Å². The minimum Gasteiger partial charge on any atom is -0.414 e. The summed E-state index contributed by atoms with van der Waals surface area (Å²) in [4.78, 5) is 26.1. The highest BCUT2D eigenvalue weighted by molar-refractivity contribution is 6.74. The van der Waals surface area contributed by atoms with Crippen molar-refractivity contribution in [2.45, 2.75) is 164 Å². The second-order valence-corrected chi connectivity index (χ2v) is 29.2. The number of hydrogen-bond acceptors (Lipinski definition) is 6. The molecule has 0 radical (unpaired) electrons. The van der Waals surface area contributed by atoms with E-state index in [0.29, 0.717) is 49.5 Å². The molecular formula is C42H68O6Si2. The number of rotatable bonds is 10. The molecule has 0 amide bonds. The van der Waals surface area contributed by atoms with Crippen LogP contribution in [0.25, 0.3) is 0 Å². The molecule has 6 nitrogen and oxygen atoms in total. The van der Waals surface area contributed by atoms with Gasteiger partial charge >= 0.3 is 0 Å². The summed E-state index contributed by atoms with van der Waals surface area (Å²) >= 11 is 0. The molecular weight excluding hydrogens is 657 g/mol. The number of ketones is 2. The summed E-state index contributed by atoms with van der Waals surface area (Å²) in [5, 5.41) is 0.327. The quantitative estimate of drug-likeness (QED) is 0.165. The molecule has 2 aliphatic carbocycles. The van der Waals surface area contributed by atoms with E-state index in [0.717, 1.165) is 51.4 Å². The first-order valence-corrected chi connectivity index (χ1v) is 25.2. The fourth-order valence-corrected chi connectivity index (χ4v) is 11.4. The number of hydrogen-bond donors (Lipinski definition) is 0. The van der Waals surface area contributed by atoms with Crippen molar-refractivity contribution >= 4 is 28.2 Å². The van der Waals surface area contributed by atoms with Gasteiger partial charge in [-0.05, 0) is 87.6 Å². The van der Waals surface area contributed by atoms with Gasteiger partial charge < -0.3 is 18.3 Å². The summed E-state index contributed by atoms with van der Waals surface area (Å²) < 4.78 is 26.6. The molecule has 4 aliphatic heterocycles. The van der Waals surface area contributed by atoms with Crippen molar-refractivity contribution in [1.82, 2.24) is 0 Å². The highest BCUT2D eigenvalue weighted by Crippen LogP contribution is 2.59. The minimum absolute atomic E-state index is 0.0385. The molecule has 6 rings (SSSR count). The van der Waals surface area contributed by atoms with Gasteiger partial charge in [0, 0.05) is 24.7 Å². The first kappa shape index (κ1) is 39.8. The maximum absolute atomic E-state index is 13.0. The summed E-state index contributed by atoms with van der Waals surface area (Å²) in [6.45, 7) is 31.5. The van der Waals surface area contributed by atoms with Gasteiger partial charge in [0.1, 0.15) is 11.6 Å². The van der Waals surface area contributed by atoms with Crippen molar-refractivity contribution in [3.63, 3.8) is 0 Å². The van der Waals surface area contributed by atoms with Gasteiger partial charge in [-0.3, -0.25) is 9.59 Å². The van der Waals surface area contributed by atoms with Crippen molar-refractivity contribution < 1.29 is 27.9 Å². The highest BCUT2D eigenvalue weighted by atomic mass is 28.4. The van der Waals surface area contributed by atoms with Crippen LogP contribution in [0, 0.1) is 23.7 Å². The number of ether oxygens (including phenoxy) is 2. The summed E-state index contributed by atoms with van der Waals surface area (Å²) in [5.41, 5.74) is -1.50. The third kappa shape index (κ3) is 7.12. The Balaban J connectivity index is 0.000000194. The van der Waals surface area contributed by atoms with E-state index in [1.54, 1.807) is 0 Å². The molecule has 0 N–H and O–H groups in total. The lowest BCUT2D eigenvalue weighted by atomic mass is 9.69. The zero-order valence-electron chi connectivity index (χ0n) is 33.1. The number of fused-ring (bicyclic) bond motifs is 2. The van der Waals surface area contributed by atoms with Gasteiger partial charge in [-0.15, -0.1) is 13.2 Å². The highest BCUT2D eigenvalue weighted by Gasteiger charge is 2.66. The molecule has 4 saturated heterocycles. The van der Waals surface area contributed by atoms with E-state index >= 15 is 0 Å². The van der Waals surface area contributed by atoms with Crippen molar-refractivity contribution in [1.29, 1.82) is 0 Å². The van der Waals surface area contributed by atoms with Crippen molar-refractivity contribution in [3.8, 4) is 0 Å². The molecule has 0 unspecified atom stereocenters. The van der Waals surface area contributed by atoms with Crippen molar-refractivity contribution in [3.05, 3.63) is 49.6 Å². The standard InChI is InChI=1S/2C21H34O3Si/c2*1-7-10-17-18(22)14-20(15-23-25(5,6)19(2,3)4)13-16-11-8-9-12-21(16,17)24-20/h2*7-8,11,16-17H,1,9-10,12-15H2,2-6H3/t2*16-,17-,20+,21-/m10/s1. The second-order valence-electron chi connectivity index (χ2n) is 19.6. The lowest BCUT2D eigenvalue weighted by Gasteiger charge is -2.47. The van der Waals surface area contributed by atoms with Gasteiger partial charge in [-0.25, -0.2) is 0 Å². The van der Waals surface area contributed by atoms with Crippen LogP contribution in [0.2, 0.25) is 36.3 Å². The van der Waals surface area contributed by atoms with Crippen LogP contribution >= 0.6 is 0 Å². The fourth-order valence-electron chi connectivity index (χ4n) is 9.24. The molecule has 4 heterocycles. The summed E-state index contributed by atoms with van der Waals surface area (Å²) in [5.74, 6) is 1.29. The lowest BCUT2D eigenvalue weighted by Crippen LogP contribution is -2.56. The number of Topliss-reactive ketones (excluding diaryl/α,β-unsaturated/α-hetero) is 2. The van der Waals surface area contributed by atoms with E-state index in [2.05, 4.69) is 105 Å². The average Bonchev–Trinajstić information content (AvgIpc) is 3.47. The smallest absolute Gasteiger partial charge is 0.192 e. The number of allylic oxidation sites excluding steroid dienone is 4. The third-order valence-corrected chi connectivity index (χ3v) is 23.1. The Bertz CT molecular complexity index is 1280.